The SMILES string of the molecule is O=C(Nc1ccc(C(F)(F)F)cc1)c1nccnc1NCC1CCCC1O. The molecule has 0 spiro atoms. The van der Waals surface area contributed by atoms with Crippen molar-refractivity contribution in [3.05, 3.63) is 47.9 Å². The molecule has 1 aliphatic carbocycles. The molecule has 3 rings (SSSR count). The minimum absolute atomic E-state index is 0.0323. The summed E-state index contributed by atoms with van der Waals surface area (Å²) in [6.07, 6.45) is 0.582. The summed E-state index contributed by atoms with van der Waals surface area (Å²) in [6.45, 7) is 0.459. The number of nitrogens with one attached hydrogen (secondary N) is 2. The van der Waals surface area contributed by atoms with E-state index in [9.17, 15) is 23.1 Å². The van der Waals surface area contributed by atoms with E-state index in [0.29, 0.717) is 6.54 Å². The maximum atomic E-state index is 12.6. The fraction of sp³-hybridized carbons (Fsp3) is 0.389. The van der Waals surface area contributed by atoms with Gasteiger partial charge < -0.3 is 15.7 Å². The molecule has 6 nitrogen and oxygen atoms in total. The minimum atomic E-state index is -4.44. The molecule has 144 valence electrons. The second-order valence-corrected chi connectivity index (χ2v) is 6.42. The smallest absolute Gasteiger partial charge is 0.393 e. The Bertz CT molecular complexity index is 796. The first-order valence-electron chi connectivity index (χ1n) is 8.56. The van der Waals surface area contributed by atoms with E-state index in [-0.39, 0.29) is 29.2 Å². The third-order valence-corrected chi connectivity index (χ3v) is 4.53. The van der Waals surface area contributed by atoms with Gasteiger partial charge in [0.25, 0.3) is 5.91 Å². The predicted octanol–water partition coefficient (Wildman–Crippen LogP) is 3.32. The van der Waals surface area contributed by atoms with Crippen LogP contribution in [-0.2, 0) is 6.18 Å². The molecule has 2 atom stereocenters. The third kappa shape index (κ3) is 4.73. The first kappa shape index (κ1) is 19.1. The lowest BCUT2D eigenvalue weighted by Crippen LogP contribution is -2.24. The molecule has 1 aromatic carbocycles. The second-order valence-electron chi connectivity index (χ2n) is 6.42. The van der Waals surface area contributed by atoms with Crippen LogP contribution in [0.2, 0.25) is 0 Å². The van der Waals surface area contributed by atoms with Crippen LogP contribution in [0, 0.1) is 5.92 Å². The van der Waals surface area contributed by atoms with E-state index in [1.54, 1.807) is 0 Å². The summed E-state index contributed by atoms with van der Waals surface area (Å²) in [7, 11) is 0. The van der Waals surface area contributed by atoms with Gasteiger partial charge in [0.1, 0.15) is 0 Å². The van der Waals surface area contributed by atoms with Crippen molar-refractivity contribution in [1.82, 2.24) is 9.97 Å². The first-order chi connectivity index (χ1) is 12.8. The van der Waals surface area contributed by atoms with E-state index in [1.807, 2.05) is 0 Å². The largest absolute Gasteiger partial charge is 0.416 e. The van der Waals surface area contributed by atoms with Crippen LogP contribution in [-0.4, -0.2) is 33.6 Å². The van der Waals surface area contributed by atoms with Gasteiger partial charge in [0.15, 0.2) is 11.5 Å². The lowest BCUT2D eigenvalue weighted by Gasteiger charge is -2.16. The Morgan fingerprint density at radius 1 is 1.15 bits per heavy atom. The molecule has 0 saturated heterocycles. The van der Waals surface area contributed by atoms with Crippen molar-refractivity contribution in [3.63, 3.8) is 0 Å². The van der Waals surface area contributed by atoms with Crippen molar-refractivity contribution in [2.24, 2.45) is 5.92 Å². The average Bonchev–Trinajstić information content (AvgIpc) is 3.05. The fourth-order valence-corrected chi connectivity index (χ4v) is 3.05. The number of halogens is 3. The molecule has 0 aliphatic heterocycles. The summed E-state index contributed by atoms with van der Waals surface area (Å²) in [4.78, 5) is 20.6. The summed E-state index contributed by atoms with van der Waals surface area (Å²) in [5.41, 5.74) is -0.543. The number of amides is 1. The summed E-state index contributed by atoms with van der Waals surface area (Å²) in [5, 5.41) is 15.4. The maximum absolute atomic E-state index is 12.6. The van der Waals surface area contributed by atoms with Crippen molar-refractivity contribution in [1.29, 1.82) is 0 Å². The highest BCUT2D eigenvalue weighted by Gasteiger charge is 2.30. The van der Waals surface area contributed by atoms with Crippen molar-refractivity contribution < 1.29 is 23.1 Å². The average molecular weight is 380 g/mol. The van der Waals surface area contributed by atoms with Crippen LogP contribution in [0.25, 0.3) is 0 Å². The van der Waals surface area contributed by atoms with Crippen molar-refractivity contribution in [2.45, 2.75) is 31.5 Å². The molecule has 2 unspecified atom stereocenters. The topological polar surface area (TPSA) is 87.1 Å². The number of hydrogen-bond donors (Lipinski definition) is 3. The highest BCUT2D eigenvalue weighted by molar-refractivity contribution is 6.05. The maximum Gasteiger partial charge on any atom is 0.416 e. The number of benzene rings is 1. The van der Waals surface area contributed by atoms with E-state index in [1.165, 1.54) is 24.5 Å². The predicted molar refractivity (Wildman–Crippen MR) is 93.3 cm³/mol. The number of carbonyl (C=O) groups is 1. The molecule has 27 heavy (non-hydrogen) atoms. The van der Waals surface area contributed by atoms with Crippen LogP contribution in [0.4, 0.5) is 24.7 Å². The number of rotatable bonds is 5. The molecule has 0 bridgehead atoms. The van der Waals surface area contributed by atoms with Crippen LogP contribution in [0.15, 0.2) is 36.7 Å². The molecule has 1 heterocycles. The van der Waals surface area contributed by atoms with Crippen molar-refractivity contribution >= 4 is 17.4 Å². The van der Waals surface area contributed by atoms with E-state index in [4.69, 9.17) is 0 Å². The Morgan fingerprint density at radius 2 is 1.85 bits per heavy atom. The van der Waals surface area contributed by atoms with E-state index < -0.39 is 17.6 Å². The van der Waals surface area contributed by atoms with Gasteiger partial charge in [-0.2, -0.15) is 13.2 Å². The van der Waals surface area contributed by atoms with Gasteiger partial charge in [-0.05, 0) is 37.1 Å². The Morgan fingerprint density at radius 3 is 2.48 bits per heavy atom. The molecular weight excluding hydrogens is 361 g/mol. The second kappa shape index (κ2) is 7.91. The number of aromatic nitrogens is 2. The zero-order valence-corrected chi connectivity index (χ0v) is 14.3. The highest BCUT2D eigenvalue weighted by Crippen LogP contribution is 2.30. The molecule has 2 aromatic rings. The number of hydrogen-bond acceptors (Lipinski definition) is 5. The Balaban J connectivity index is 1.67. The summed E-state index contributed by atoms with van der Waals surface area (Å²) in [5.74, 6) is -0.240. The van der Waals surface area contributed by atoms with Crippen molar-refractivity contribution in [3.8, 4) is 0 Å². The molecule has 1 aromatic heterocycles. The summed E-state index contributed by atoms with van der Waals surface area (Å²) in [6, 6.07) is 4.15. The van der Waals surface area contributed by atoms with Gasteiger partial charge in [-0.15, -0.1) is 0 Å². The van der Waals surface area contributed by atoms with Gasteiger partial charge >= 0.3 is 6.18 Å². The monoisotopic (exact) mass is 380 g/mol. The Labute approximate surface area is 153 Å². The number of alkyl halides is 3. The molecular formula is C18H19F3N4O2. The Kier molecular flexibility index (Phi) is 5.59. The summed E-state index contributed by atoms with van der Waals surface area (Å²) >= 11 is 0. The van der Waals surface area contributed by atoms with E-state index in [2.05, 4.69) is 20.6 Å². The van der Waals surface area contributed by atoms with Crippen LogP contribution in [0.1, 0.15) is 35.3 Å². The number of anilines is 2. The van der Waals surface area contributed by atoms with Gasteiger partial charge in [0.2, 0.25) is 0 Å². The number of aliphatic hydroxyl groups excluding tert-OH is 1. The first-order valence-corrected chi connectivity index (χ1v) is 8.56. The lowest BCUT2D eigenvalue weighted by atomic mass is 10.1. The number of nitrogens with zero attached hydrogens (tertiary/aromatic N) is 2. The standard InChI is InChI=1S/C18H19F3N4O2/c19-18(20,21)12-4-6-13(7-5-12)25-17(27)15-16(23-9-8-22-15)24-10-11-2-1-3-14(11)26/h4-9,11,14,26H,1-3,10H2,(H,23,24)(H,25,27). The quantitative estimate of drug-likeness (QED) is 0.741. The fourth-order valence-electron chi connectivity index (χ4n) is 3.05. The van der Waals surface area contributed by atoms with Crippen LogP contribution < -0.4 is 10.6 Å². The van der Waals surface area contributed by atoms with Gasteiger partial charge in [-0.1, -0.05) is 6.42 Å². The highest BCUT2D eigenvalue weighted by atomic mass is 19.4. The van der Waals surface area contributed by atoms with E-state index >= 15 is 0 Å². The molecule has 0 radical (unpaired) electrons. The zero-order valence-electron chi connectivity index (χ0n) is 14.3. The van der Waals surface area contributed by atoms with Gasteiger partial charge in [-0.25, -0.2) is 9.97 Å². The zero-order chi connectivity index (χ0) is 19.4. The van der Waals surface area contributed by atoms with Gasteiger partial charge in [-0.3, -0.25) is 4.79 Å². The normalized spacial score (nSPS) is 19.7. The lowest BCUT2D eigenvalue weighted by molar-refractivity contribution is -0.137. The number of carbonyl (C=O) groups excluding carboxylic acids is 1. The summed E-state index contributed by atoms with van der Waals surface area (Å²) < 4.78 is 37.8. The molecule has 3 N–H and O–H groups in total. The molecule has 1 aliphatic rings. The van der Waals surface area contributed by atoms with Crippen LogP contribution in [0.3, 0.4) is 0 Å². The van der Waals surface area contributed by atoms with E-state index in [0.717, 1.165) is 31.4 Å². The van der Waals surface area contributed by atoms with Crippen molar-refractivity contribution in [2.75, 3.05) is 17.2 Å². The minimum Gasteiger partial charge on any atom is -0.393 e. The molecule has 1 fully saturated rings. The molecule has 1 amide bonds. The molecule has 1 saturated carbocycles. The Hall–Kier alpha value is -2.68. The van der Waals surface area contributed by atoms with Gasteiger partial charge in [0.05, 0.1) is 11.7 Å². The third-order valence-electron chi connectivity index (χ3n) is 4.53. The van der Waals surface area contributed by atoms with Gasteiger partial charge in [0, 0.05) is 30.5 Å². The van der Waals surface area contributed by atoms with Crippen LogP contribution in [0.5, 0.6) is 0 Å². The number of aliphatic hydroxyl groups is 1. The van der Waals surface area contributed by atoms with Crippen LogP contribution >= 0.6 is 0 Å². The molecule has 9 heteroatoms.